The zero-order valence-electron chi connectivity index (χ0n) is 13.7. The van der Waals surface area contributed by atoms with Crippen LogP contribution in [0.2, 0.25) is 5.02 Å². The molecule has 1 aliphatic rings. The van der Waals surface area contributed by atoms with Crippen LogP contribution in [0.1, 0.15) is 18.4 Å². The molecule has 1 aromatic rings. The van der Waals surface area contributed by atoms with Gasteiger partial charge in [0.05, 0.1) is 13.0 Å². The van der Waals surface area contributed by atoms with Gasteiger partial charge in [0.1, 0.15) is 0 Å². The van der Waals surface area contributed by atoms with Crippen molar-refractivity contribution in [1.82, 2.24) is 10.2 Å². The molecule has 0 atom stereocenters. The third-order valence-electron chi connectivity index (χ3n) is 4.13. The molecule has 2 rings (SSSR count). The number of hydrogen-bond acceptors (Lipinski definition) is 3. The Hall–Kier alpha value is -1.75. The third kappa shape index (κ3) is 5.13. The number of likely N-dealkylation sites (tertiary alicyclic amines) is 1. The number of nitrogens with zero attached hydrogens (tertiary/aromatic N) is 2. The maximum atomic E-state index is 11.6. The Labute approximate surface area is 142 Å². The van der Waals surface area contributed by atoms with Crippen molar-refractivity contribution in [3.8, 4) is 0 Å². The van der Waals surface area contributed by atoms with Gasteiger partial charge in [-0.1, -0.05) is 23.7 Å². The first-order valence-electron chi connectivity index (χ1n) is 7.92. The second-order valence-corrected chi connectivity index (χ2v) is 6.07. The van der Waals surface area contributed by atoms with E-state index < -0.39 is 0 Å². The predicted molar refractivity (Wildman–Crippen MR) is 92.8 cm³/mol. The van der Waals surface area contributed by atoms with Crippen LogP contribution in [0.3, 0.4) is 0 Å². The van der Waals surface area contributed by atoms with E-state index in [1.165, 1.54) is 12.7 Å². The molecule has 23 heavy (non-hydrogen) atoms. The number of benzene rings is 1. The number of aliphatic imine (C=N–C) groups is 1. The summed E-state index contributed by atoms with van der Waals surface area (Å²) in [6, 6.07) is 7.89. The molecule has 1 fully saturated rings. The smallest absolute Gasteiger partial charge is 0.308 e. The molecule has 0 aliphatic carbocycles. The van der Waals surface area contributed by atoms with Gasteiger partial charge in [0, 0.05) is 31.7 Å². The maximum Gasteiger partial charge on any atom is 0.308 e. The van der Waals surface area contributed by atoms with E-state index >= 15 is 0 Å². The van der Waals surface area contributed by atoms with Gasteiger partial charge in [0.25, 0.3) is 0 Å². The molecule has 0 bridgehead atoms. The van der Waals surface area contributed by atoms with E-state index in [1.807, 2.05) is 18.2 Å². The summed E-state index contributed by atoms with van der Waals surface area (Å²) in [5.74, 6) is 0.796. The summed E-state index contributed by atoms with van der Waals surface area (Å²) in [5, 5.41) is 4.14. The van der Waals surface area contributed by atoms with E-state index in [9.17, 15) is 4.79 Å². The lowest BCUT2D eigenvalue weighted by atomic mass is 9.97. The first-order chi connectivity index (χ1) is 11.1. The number of carbonyl (C=O) groups excluding carboxylic acids is 1. The van der Waals surface area contributed by atoms with Crippen LogP contribution in [0.5, 0.6) is 0 Å². The normalized spacial score (nSPS) is 16.3. The van der Waals surface area contributed by atoms with E-state index in [1.54, 1.807) is 7.05 Å². The van der Waals surface area contributed by atoms with Gasteiger partial charge in [0.15, 0.2) is 5.96 Å². The number of methoxy groups -OCH3 is 1. The highest BCUT2D eigenvalue weighted by molar-refractivity contribution is 6.30. The molecule has 0 saturated carbocycles. The Morgan fingerprint density at radius 1 is 1.43 bits per heavy atom. The molecule has 1 aromatic carbocycles. The molecule has 0 amide bonds. The van der Waals surface area contributed by atoms with Gasteiger partial charge in [-0.05, 0) is 37.0 Å². The predicted octanol–water partition coefficient (Wildman–Crippen LogP) is 2.34. The summed E-state index contributed by atoms with van der Waals surface area (Å²) in [4.78, 5) is 18.1. The van der Waals surface area contributed by atoms with Crippen LogP contribution in [0, 0.1) is 5.92 Å². The number of piperidine rings is 1. The lowest BCUT2D eigenvalue weighted by Crippen LogP contribution is -2.47. The van der Waals surface area contributed by atoms with Crippen LogP contribution in [-0.2, 0) is 16.0 Å². The third-order valence-corrected chi connectivity index (χ3v) is 4.36. The van der Waals surface area contributed by atoms with Crippen molar-refractivity contribution in [3.05, 3.63) is 34.9 Å². The quantitative estimate of drug-likeness (QED) is 0.520. The molecular weight excluding hydrogens is 314 g/mol. The molecule has 6 heteroatoms. The summed E-state index contributed by atoms with van der Waals surface area (Å²) in [6.07, 6.45) is 2.50. The SMILES string of the molecule is CN=C(NCCc1cccc(Cl)c1)N1CCC(C(=O)OC)CC1. The van der Waals surface area contributed by atoms with Crippen molar-refractivity contribution in [2.75, 3.05) is 33.8 Å². The lowest BCUT2D eigenvalue weighted by Gasteiger charge is -2.33. The highest BCUT2D eigenvalue weighted by Crippen LogP contribution is 2.18. The molecule has 1 aliphatic heterocycles. The zero-order chi connectivity index (χ0) is 16.7. The fourth-order valence-electron chi connectivity index (χ4n) is 2.84. The molecule has 5 nitrogen and oxygen atoms in total. The summed E-state index contributed by atoms with van der Waals surface area (Å²) in [5.41, 5.74) is 1.20. The summed E-state index contributed by atoms with van der Waals surface area (Å²) < 4.78 is 4.82. The molecule has 1 saturated heterocycles. The minimum atomic E-state index is -0.103. The van der Waals surface area contributed by atoms with Gasteiger partial charge in [-0.2, -0.15) is 0 Å². The molecule has 1 heterocycles. The van der Waals surface area contributed by atoms with Crippen molar-refractivity contribution in [1.29, 1.82) is 0 Å². The van der Waals surface area contributed by atoms with Gasteiger partial charge < -0.3 is 15.0 Å². The molecular formula is C17H24ClN3O2. The van der Waals surface area contributed by atoms with Crippen molar-refractivity contribution in [3.63, 3.8) is 0 Å². The van der Waals surface area contributed by atoms with E-state index in [4.69, 9.17) is 16.3 Å². The molecule has 0 unspecified atom stereocenters. The molecule has 0 spiro atoms. The number of guanidine groups is 1. The van der Waals surface area contributed by atoms with Crippen LogP contribution in [0.25, 0.3) is 0 Å². The number of esters is 1. The van der Waals surface area contributed by atoms with Crippen molar-refractivity contribution < 1.29 is 9.53 Å². The minimum Gasteiger partial charge on any atom is -0.469 e. The topological polar surface area (TPSA) is 53.9 Å². The van der Waals surface area contributed by atoms with Crippen molar-refractivity contribution in [2.45, 2.75) is 19.3 Å². The Morgan fingerprint density at radius 3 is 2.78 bits per heavy atom. The molecule has 0 aromatic heterocycles. The summed E-state index contributed by atoms with van der Waals surface area (Å²) in [6.45, 7) is 2.43. The van der Waals surface area contributed by atoms with Crippen LogP contribution < -0.4 is 5.32 Å². The number of rotatable bonds is 4. The molecule has 126 valence electrons. The average Bonchev–Trinajstić information content (AvgIpc) is 2.58. The average molecular weight is 338 g/mol. The number of hydrogen-bond donors (Lipinski definition) is 1. The maximum absolute atomic E-state index is 11.6. The van der Waals surface area contributed by atoms with Gasteiger partial charge in [0.2, 0.25) is 0 Å². The van der Waals surface area contributed by atoms with E-state index in [2.05, 4.69) is 21.3 Å². The Morgan fingerprint density at radius 2 is 2.17 bits per heavy atom. The van der Waals surface area contributed by atoms with E-state index in [-0.39, 0.29) is 11.9 Å². The Bertz CT molecular complexity index is 555. The summed E-state index contributed by atoms with van der Waals surface area (Å²) in [7, 11) is 3.24. The second kappa shape index (κ2) is 8.77. The first-order valence-corrected chi connectivity index (χ1v) is 8.29. The zero-order valence-corrected chi connectivity index (χ0v) is 14.5. The number of carbonyl (C=O) groups is 1. The fraction of sp³-hybridized carbons (Fsp3) is 0.529. The lowest BCUT2D eigenvalue weighted by molar-refractivity contribution is -0.146. The number of halogens is 1. The molecule has 0 radical (unpaired) electrons. The largest absolute Gasteiger partial charge is 0.469 e. The Balaban J connectivity index is 1.79. The van der Waals surface area contributed by atoms with Crippen LogP contribution in [0.4, 0.5) is 0 Å². The first kappa shape index (κ1) is 17.6. The molecule has 1 N–H and O–H groups in total. The van der Waals surface area contributed by atoms with E-state index in [0.717, 1.165) is 49.9 Å². The highest BCUT2D eigenvalue weighted by atomic mass is 35.5. The van der Waals surface area contributed by atoms with Crippen LogP contribution in [-0.4, -0.2) is 50.6 Å². The van der Waals surface area contributed by atoms with Crippen molar-refractivity contribution >= 4 is 23.5 Å². The van der Waals surface area contributed by atoms with Crippen molar-refractivity contribution in [2.24, 2.45) is 10.9 Å². The van der Waals surface area contributed by atoms with Crippen LogP contribution in [0.15, 0.2) is 29.3 Å². The monoisotopic (exact) mass is 337 g/mol. The van der Waals surface area contributed by atoms with E-state index in [0.29, 0.717) is 0 Å². The standard InChI is InChI=1S/C17H24ClN3O2/c1-19-17(20-9-6-13-4-3-5-15(18)12-13)21-10-7-14(8-11-21)16(22)23-2/h3-5,12,14H,6-11H2,1-2H3,(H,19,20). The summed E-state index contributed by atoms with van der Waals surface area (Å²) >= 11 is 6.00. The number of nitrogens with one attached hydrogen (secondary N) is 1. The van der Waals surface area contributed by atoms with Gasteiger partial charge in [-0.15, -0.1) is 0 Å². The van der Waals surface area contributed by atoms with Gasteiger partial charge in [-0.3, -0.25) is 9.79 Å². The minimum absolute atomic E-state index is 0.0146. The van der Waals surface area contributed by atoms with Crippen LogP contribution >= 0.6 is 11.6 Å². The van der Waals surface area contributed by atoms with Gasteiger partial charge in [-0.25, -0.2) is 0 Å². The second-order valence-electron chi connectivity index (χ2n) is 5.64. The van der Waals surface area contributed by atoms with Gasteiger partial charge >= 0.3 is 5.97 Å². The Kier molecular flexibility index (Phi) is 6.71. The fourth-order valence-corrected chi connectivity index (χ4v) is 3.05. The highest BCUT2D eigenvalue weighted by Gasteiger charge is 2.26. The number of ether oxygens (including phenoxy) is 1.